The number of nitrogens with one attached hydrogen (secondary N) is 2. The van der Waals surface area contributed by atoms with Gasteiger partial charge in [-0.15, -0.1) is 0 Å². The lowest BCUT2D eigenvalue weighted by molar-refractivity contribution is -0.148. The lowest BCUT2D eigenvalue weighted by Crippen LogP contribution is -2.56. The molecule has 2 heterocycles. The smallest absolute Gasteiger partial charge is 0.323 e. The zero-order valence-electron chi connectivity index (χ0n) is 29.1. The highest BCUT2D eigenvalue weighted by atomic mass is 35.5. The molecule has 1 atom stereocenters. The number of carboxylic acids is 1. The van der Waals surface area contributed by atoms with Crippen LogP contribution in [0.2, 0.25) is 10.0 Å². The van der Waals surface area contributed by atoms with Crippen molar-refractivity contribution in [2.75, 3.05) is 33.1 Å². The number of carbonyl (C=O) groups excluding carboxylic acids is 1. The number of hydrogen-bond acceptors (Lipinski definition) is 8. The largest absolute Gasteiger partial charge is 0.496 e. The fraction of sp³-hybridized carbons (Fsp3) is 0.395. The first kappa shape index (κ1) is 35.1. The minimum Gasteiger partial charge on any atom is -0.496 e. The van der Waals surface area contributed by atoms with Gasteiger partial charge in [-0.05, 0) is 61.9 Å². The Hall–Kier alpha value is -4.29. The second kappa shape index (κ2) is 14.0. The summed E-state index contributed by atoms with van der Waals surface area (Å²) in [5, 5.41) is 16.7. The predicted molar refractivity (Wildman–Crippen MR) is 195 cm³/mol. The summed E-state index contributed by atoms with van der Waals surface area (Å²) in [6, 6.07) is 13.4. The van der Waals surface area contributed by atoms with Crippen LogP contribution in [0.15, 0.2) is 42.5 Å². The van der Waals surface area contributed by atoms with Crippen molar-refractivity contribution in [3.63, 3.8) is 0 Å². The summed E-state index contributed by atoms with van der Waals surface area (Å²) in [5.41, 5.74) is 6.04. The number of amides is 1. The minimum atomic E-state index is -0.965. The molecule has 11 nitrogen and oxygen atoms in total. The molecule has 2 aliphatic carbocycles. The fourth-order valence-electron chi connectivity index (χ4n) is 7.55. The van der Waals surface area contributed by atoms with Crippen molar-refractivity contribution in [3.05, 3.63) is 86.4 Å². The third kappa shape index (κ3) is 6.30. The number of fused-ring (bicyclic) bond motifs is 2. The van der Waals surface area contributed by atoms with Crippen molar-refractivity contribution in [2.24, 2.45) is 7.05 Å². The van der Waals surface area contributed by atoms with Crippen LogP contribution in [-0.2, 0) is 37.8 Å². The molecule has 268 valence electrons. The van der Waals surface area contributed by atoms with Crippen molar-refractivity contribution < 1.29 is 28.9 Å². The molecule has 1 aliphatic heterocycles. The van der Waals surface area contributed by atoms with Gasteiger partial charge < -0.3 is 34.1 Å². The van der Waals surface area contributed by atoms with Crippen LogP contribution in [0.5, 0.6) is 17.2 Å². The number of likely N-dealkylation sites (N-methyl/N-ethyl adjacent to an activating group) is 1. The number of imidazole rings is 1. The molecule has 51 heavy (non-hydrogen) atoms. The molecule has 7 rings (SSSR count). The maximum atomic E-state index is 13.5. The Labute approximate surface area is 306 Å². The van der Waals surface area contributed by atoms with Gasteiger partial charge in [0.1, 0.15) is 33.9 Å². The third-order valence-electron chi connectivity index (χ3n) is 10.6. The number of carboxylic acid groups (broad SMARTS) is 1. The van der Waals surface area contributed by atoms with Crippen molar-refractivity contribution in [1.29, 1.82) is 0 Å². The molecular formula is C38H41Cl2N5O6. The summed E-state index contributed by atoms with van der Waals surface area (Å²) in [5.74, 6) is 0.429. The first-order chi connectivity index (χ1) is 24.5. The van der Waals surface area contributed by atoms with E-state index in [0.29, 0.717) is 65.2 Å². The van der Waals surface area contributed by atoms with E-state index in [-0.39, 0.29) is 23.6 Å². The number of rotatable bonds is 11. The first-order valence-electron chi connectivity index (χ1n) is 17.1. The maximum Gasteiger partial charge on any atom is 0.323 e. The van der Waals surface area contributed by atoms with E-state index in [4.69, 9.17) is 37.4 Å². The highest BCUT2D eigenvalue weighted by Crippen LogP contribution is 2.48. The van der Waals surface area contributed by atoms with Gasteiger partial charge in [0.25, 0.3) is 5.91 Å². The predicted octanol–water partition coefficient (Wildman–Crippen LogP) is 6.81. The van der Waals surface area contributed by atoms with E-state index in [2.05, 4.69) is 20.5 Å². The first-order valence-corrected chi connectivity index (χ1v) is 17.8. The van der Waals surface area contributed by atoms with Crippen LogP contribution in [0.25, 0.3) is 11.1 Å². The van der Waals surface area contributed by atoms with E-state index in [0.717, 1.165) is 59.4 Å². The van der Waals surface area contributed by atoms with Crippen LogP contribution in [0, 0.1) is 0 Å². The van der Waals surface area contributed by atoms with Crippen LogP contribution < -0.4 is 24.8 Å². The van der Waals surface area contributed by atoms with Crippen LogP contribution in [0.3, 0.4) is 0 Å². The van der Waals surface area contributed by atoms with Gasteiger partial charge in [-0.2, -0.15) is 0 Å². The van der Waals surface area contributed by atoms with Gasteiger partial charge >= 0.3 is 5.97 Å². The molecule has 3 N–H and O–H groups in total. The van der Waals surface area contributed by atoms with E-state index in [1.54, 1.807) is 19.2 Å². The second-order valence-corrected chi connectivity index (χ2v) is 14.3. The van der Waals surface area contributed by atoms with Gasteiger partial charge in [-0.25, -0.2) is 4.98 Å². The molecule has 1 fully saturated rings. The molecule has 3 aromatic carbocycles. The van der Waals surface area contributed by atoms with Crippen molar-refractivity contribution in [1.82, 2.24) is 19.8 Å². The number of halogens is 2. The Balaban J connectivity index is 1.13. The molecule has 0 radical (unpaired) electrons. The average Bonchev–Trinajstić information content (AvgIpc) is 3.66. The van der Waals surface area contributed by atoms with Gasteiger partial charge in [0, 0.05) is 50.4 Å². The van der Waals surface area contributed by atoms with E-state index < -0.39 is 11.5 Å². The van der Waals surface area contributed by atoms with Gasteiger partial charge in [0.05, 0.1) is 36.2 Å². The molecule has 4 aromatic rings. The molecule has 1 amide bonds. The average molecular weight is 735 g/mol. The highest BCUT2D eigenvalue weighted by molar-refractivity contribution is 6.36. The topological polar surface area (TPSA) is 127 Å². The van der Waals surface area contributed by atoms with Crippen LogP contribution >= 0.6 is 23.2 Å². The monoisotopic (exact) mass is 733 g/mol. The zero-order valence-corrected chi connectivity index (χ0v) is 30.6. The van der Waals surface area contributed by atoms with E-state index in [1.165, 1.54) is 7.11 Å². The molecule has 0 spiro atoms. The molecule has 3 aliphatic rings. The number of methoxy groups -OCH3 is 2. The molecule has 1 unspecified atom stereocenters. The summed E-state index contributed by atoms with van der Waals surface area (Å²) in [6.07, 6.45) is 3.93. The van der Waals surface area contributed by atoms with E-state index in [1.807, 2.05) is 49.0 Å². The number of benzene rings is 3. The highest BCUT2D eigenvalue weighted by Gasteiger charge is 2.44. The molecule has 13 heteroatoms. The third-order valence-corrected chi connectivity index (χ3v) is 11.3. The van der Waals surface area contributed by atoms with Crippen LogP contribution in [-0.4, -0.2) is 64.8 Å². The molecule has 0 bridgehead atoms. The maximum absolute atomic E-state index is 13.5. The Kier molecular flexibility index (Phi) is 9.66. The lowest BCUT2D eigenvalue weighted by atomic mass is 9.76. The van der Waals surface area contributed by atoms with Gasteiger partial charge in [0.15, 0.2) is 5.82 Å². The molecule has 0 saturated heterocycles. The second-order valence-electron chi connectivity index (χ2n) is 13.5. The molecule has 1 aromatic heterocycles. The van der Waals surface area contributed by atoms with Crippen molar-refractivity contribution in [2.45, 2.75) is 63.3 Å². The lowest BCUT2D eigenvalue weighted by Gasteiger charge is -2.38. The summed E-state index contributed by atoms with van der Waals surface area (Å²) in [4.78, 5) is 32.3. The van der Waals surface area contributed by atoms with Crippen molar-refractivity contribution >= 4 is 40.8 Å². The normalized spacial score (nSPS) is 17.6. The summed E-state index contributed by atoms with van der Waals surface area (Å²) < 4.78 is 19.9. The Morgan fingerprint density at radius 1 is 1.02 bits per heavy atom. The number of nitrogens with zero attached hydrogens (tertiary/aromatic N) is 3. The van der Waals surface area contributed by atoms with Gasteiger partial charge in [-0.3, -0.25) is 14.9 Å². The van der Waals surface area contributed by atoms with E-state index in [9.17, 15) is 14.7 Å². The summed E-state index contributed by atoms with van der Waals surface area (Å²) in [6.45, 7) is 1.84. The number of ether oxygens (including phenoxy) is 3. The van der Waals surface area contributed by atoms with Gasteiger partial charge in [-0.1, -0.05) is 53.5 Å². The Morgan fingerprint density at radius 3 is 2.49 bits per heavy atom. The minimum absolute atomic E-state index is 0.204. The summed E-state index contributed by atoms with van der Waals surface area (Å²) in [7, 11) is 7.00. The Bertz CT molecular complexity index is 2030. The SMILES string of the molecule is COc1cc(OC2CCc3c(-c4cccc(NC(=O)c5nc6c(n5C)CCN(C)C6)c4Cl)cccc32)c(Cl)c(OC)c1CNC1(C(=O)O)CCC1. The Morgan fingerprint density at radius 2 is 1.78 bits per heavy atom. The number of carbonyl (C=O) groups is 2. The number of anilines is 1. The van der Waals surface area contributed by atoms with Crippen LogP contribution in [0.1, 0.15) is 70.5 Å². The number of hydrogen-bond donors (Lipinski definition) is 3. The zero-order chi connectivity index (χ0) is 36.0. The quantitative estimate of drug-likeness (QED) is 0.152. The van der Waals surface area contributed by atoms with Crippen LogP contribution in [0.4, 0.5) is 5.69 Å². The van der Waals surface area contributed by atoms with Crippen molar-refractivity contribution in [3.8, 4) is 28.4 Å². The molecule has 1 saturated carbocycles. The summed E-state index contributed by atoms with van der Waals surface area (Å²) >= 11 is 13.9. The van der Waals surface area contributed by atoms with Gasteiger partial charge in [0.2, 0.25) is 0 Å². The van der Waals surface area contributed by atoms with E-state index >= 15 is 0 Å². The molecular weight excluding hydrogens is 693 g/mol. The number of aliphatic carboxylic acids is 1. The number of aromatic nitrogens is 2. The fourth-order valence-corrected chi connectivity index (χ4v) is 8.11. The standard InChI is InChI=1S/C38H41Cl2N5O6/c1-44-17-14-28-27(20-44)42-35(45(28)2)36(46)43-26-11-6-10-24(32(26)39)21-8-5-9-23-22(21)12-13-29(23)51-31-18-30(49-3)25(34(50-4)33(31)40)19-41-38(37(47)48)15-7-16-38/h5-6,8-11,18,29,41H,7,12-17,19-20H2,1-4H3,(H,43,46)(H,47,48).